The van der Waals surface area contributed by atoms with Crippen molar-refractivity contribution in [1.29, 1.82) is 0 Å². The number of nitrogens with two attached hydrogens (primary N) is 1. The van der Waals surface area contributed by atoms with E-state index in [0.717, 1.165) is 10.9 Å². The Labute approximate surface area is 215 Å². The van der Waals surface area contributed by atoms with E-state index < -0.39 is 51.2 Å². The summed E-state index contributed by atoms with van der Waals surface area (Å²) in [7, 11) is -5.26. The van der Waals surface area contributed by atoms with Crippen LogP contribution in [0.15, 0.2) is 11.1 Å². The predicted octanol–water partition coefficient (Wildman–Crippen LogP) is -13.2. The van der Waals surface area contributed by atoms with Crippen molar-refractivity contribution in [2.45, 2.75) is 24.5 Å². The van der Waals surface area contributed by atoms with Gasteiger partial charge in [0.1, 0.15) is 6.23 Å². The molecule has 5 atom stereocenters. The molecule has 2 aromatic rings. The van der Waals surface area contributed by atoms with Gasteiger partial charge in [-0.3, -0.25) is 18.9 Å². The number of phosphoric acid groups is 1. The third kappa shape index (κ3) is 7.49. The third-order valence-corrected chi connectivity index (χ3v) is 6.33. The number of imidazole rings is 1. The van der Waals surface area contributed by atoms with Crippen LogP contribution in [-0.2, 0) is 29.9 Å². The molecule has 0 bridgehead atoms. The van der Waals surface area contributed by atoms with Gasteiger partial charge >= 0.3 is 63.3 Å². The maximum Gasteiger partial charge on any atom is 1.00 e. The minimum atomic E-state index is -5.26. The Balaban J connectivity index is 0.00000300. The van der Waals surface area contributed by atoms with Crippen LogP contribution in [0.3, 0.4) is 0 Å². The number of nitrogens with one attached hydrogen (secondary N) is 1. The average Bonchev–Trinajstić information content (AvgIpc) is 3.06. The van der Waals surface area contributed by atoms with E-state index in [-0.39, 0.29) is 73.7 Å². The van der Waals surface area contributed by atoms with E-state index in [9.17, 15) is 24.5 Å². The van der Waals surface area contributed by atoms with Crippen LogP contribution in [0.2, 0.25) is 0 Å². The molecular formula is C10H12Li3N5O10P2S. The number of aromatic amines is 1. The Bertz CT molecular complexity index is 1050. The Morgan fingerprint density at radius 1 is 1.32 bits per heavy atom. The van der Waals surface area contributed by atoms with Gasteiger partial charge in [0.05, 0.1) is 19.0 Å². The minimum Gasteiger partial charge on any atom is -0.851 e. The molecule has 0 saturated carbocycles. The fourth-order valence-corrected chi connectivity index (χ4v) is 4.81. The molecule has 1 unspecified atom stereocenters. The molecule has 1 aliphatic heterocycles. The first-order valence-electron chi connectivity index (χ1n) is 7.30. The van der Waals surface area contributed by atoms with E-state index in [0.29, 0.717) is 0 Å². The molecule has 156 valence electrons. The minimum absolute atomic E-state index is 0. The van der Waals surface area contributed by atoms with Gasteiger partial charge in [0.25, 0.3) is 13.4 Å². The van der Waals surface area contributed by atoms with E-state index in [1.807, 2.05) is 0 Å². The van der Waals surface area contributed by atoms with Gasteiger partial charge in [-0.1, -0.05) is 6.10 Å². The molecule has 3 heterocycles. The summed E-state index contributed by atoms with van der Waals surface area (Å²) in [5, 5.41) is 24.5. The van der Waals surface area contributed by atoms with Crippen molar-refractivity contribution in [2.24, 2.45) is 0 Å². The van der Waals surface area contributed by atoms with Crippen LogP contribution in [0.1, 0.15) is 6.23 Å². The maximum absolute atomic E-state index is 12.3. The van der Waals surface area contributed by atoms with Crippen LogP contribution in [0.4, 0.5) is 5.95 Å². The Kier molecular flexibility index (Phi) is 12.0. The van der Waals surface area contributed by atoms with Gasteiger partial charge in [-0.05, 0) is 11.8 Å². The number of rotatable bonds is 6. The Hall–Kier alpha value is 0.502. The SMILES string of the molecule is Nc1nc2c(ncn2[C@@H]2O[C@H](COP(=O)([O-])OP(O)(O)=S)[C@@H]([O-])[C@@H]2[O-])c(=O)[nH]1.[Li+].[Li+].[Li+]. The molecule has 15 nitrogen and oxygen atoms in total. The van der Waals surface area contributed by atoms with Crippen molar-refractivity contribution in [3.63, 3.8) is 0 Å². The van der Waals surface area contributed by atoms with Gasteiger partial charge in [-0.25, -0.2) is 9.29 Å². The number of nitrogens with zero attached hydrogens (tertiary/aromatic N) is 3. The average molecular weight is 477 g/mol. The summed E-state index contributed by atoms with van der Waals surface area (Å²) < 4.78 is 25.9. The first-order valence-corrected chi connectivity index (χ1v) is 11.4. The molecule has 1 fully saturated rings. The van der Waals surface area contributed by atoms with Gasteiger partial charge in [-0.2, -0.15) is 4.98 Å². The van der Waals surface area contributed by atoms with Gasteiger partial charge in [0, 0.05) is 0 Å². The monoisotopic (exact) mass is 477 g/mol. The second-order valence-corrected chi connectivity index (χ2v) is 9.80. The second kappa shape index (κ2) is 11.8. The van der Waals surface area contributed by atoms with Crippen LogP contribution in [0.25, 0.3) is 11.2 Å². The molecule has 0 aromatic carbocycles. The molecule has 0 amide bonds. The maximum atomic E-state index is 12.3. The molecule has 5 N–H and O–H groups in total. The van der Waals surface area contributed by atoms with Crippen LogP contribution in [-0.4, -0.2) is 54.2 Å². The van der Waals surface area contributed by atoms with Crippen molar-refractivity contribution in [1.82, 2.24) is 19.5 Å². The van der Waals surface area contributed by atoms with Gasteiger partial charge in [-0.15, -0.1) is 6.10 Å². The number of nitrogen functional groups attached to an aromatic ring is 1. The zero-order chi connectivity index (χ0) is 20.9. The standard InChI is InChI=1S/C10H13N5O10P2S.3Li/c11-10-13-7-4(8(18)14-10)12-2-15(7)9-6(17)5(16)3(24-9)1-23-26(19,20)25-27(21,22)28;;;/h2-3,5-6,9H,1H2,(H,19,20)(H2,21,22,28)(H3,11,13,14,18);;;/q-2;3*+1/p-1/t3-,5-,6+,9-;;;/m1.../s1. The van der Waals surface area contributed by atoms with Crippen molar-refractivity contribution in [3.8, 4) is 0 Å². The molecule has 0 spiro atoms. The van der Waals surface area contributed by atoms with E-state index in [2.05, 4.69) is 35.6 Å². The summed E-state index contributed by atoms with van der Waals surface area (Å²) in [6.45, 7) is -5.52. The molecule has 0 aliphatic carbocycles. The van der Waals surface area contributed by atoms with E-state index in [1.54, 1.807) is 0 Å². The van der Waals surface area contributed by atoms with Crippen LogP contribution in [0.5, 0.6) is 0 Å². The van der Waals surface area contributed by atoms with Crippen LogP contribution in [0, 0.1) is 0 Å². The fraction of sp³-hybridized carbons (Fsp3) is 0.500. The largest absolute Gasteiger partial charge is 1.00 e. The van der Waals surface area contributed by atoms with Crippen molar-refractivity contribution in [3.05, 3.63) is 16.7 Å². The number of fused-ring (bicyclic) bond motifs is 1. The summed E-state index contributed by atoms with van der Waals surface area (Å²) >= 11 is 4.01. The number of ether oxygens (including phenoxy) is 1. The van der Waals surface area contributed by atoms with Crippen LogP contribution >= 0.6 is 14.5 Å². The zero-order valence-electron chi connectivity index (χ0n) is 16.5. The number of hydrogen-bond donors (Lipinski definition) is 4. The summed E-state index contributed by atoms with van der Waals surface area (Å²) in [6.07, 6.45) is -5.91. The zero-order valence-corrected chi connectivity index (χ0v) is 19.1. The van der Waals surface area contributed by atoms with Crippen molar-refractivity contribution in [2.75, 3.05) is 12.3 Å². The molecule has 2 aromatic heterocycles. The Morgan fingerprint density at radius 2 is 1.94 bits per heavy atom. The van der Waals surface area contributed by atoms with Crippen molar-refractivity contribution >= 4 is 43.5 Å². The van der Waals surface area contributed by atoms with E-state index >= 15 is 0 Å². The van der Waals surface area contributed by atoms with E-state index in [4.69, 9.17) is 20.3 Å². The topological polar surface area (TPSA) is 244 Å². The Morgan fingerprint density at radius 3 is 2.52 bits per heavy atom. The summed E-state index contributed by atoms with van der Waals surface area (Å²) in [5.74, 6) is -0.258. The number of aromatic nitrogens is 4. The molecule has 1 saturated heterocycles. The van der Waals surface area contributed by atoms with Crippen molar-refractivity contribution < 1.29 is 99.6 Å². The fourth-order valence-electron chi connectivity index (χ4n) is 2.51. The normalized spacial score (nSPS) is 25.2. The van der Waals surface area contributed by atoms with Gasteiger partial charge in [0.15, 0.2) is 11.2 Å². The first kappa shape index (κ1) is 31.5. The van der Waals surface area contributed by atoms with Gasteiger partial charge < -0.3 is 39.9 Å². The summed E-state index contributed by atoms with van der Waals surface area (Å²) in [6, 6.07) is 0. The number of phosphoric ester groups is 1. The number of hydrogen-bond acceptors (Lipinski definition) is 12. The molecular weight excluding hydrogens is 465 g/mol. The first-order chi connectivity index (χ1) is 12.9. The molecule has 0 radical (unpaired) electrons. The third-order valence-electron chi connectivity index (χ3n) is 3.61. The summed E-state index contributed by atoms with van der Waals surface area (Å²) in [5.41, 5.74) is 4.52. The molecule has 21 heteroatoms. The molecule has 1 aliphatic rings. The summed E-state index contributed by atoms with van der Waals surface area (Å²) in [4.78, 5) is 50.8. The number of H-pyrrole nitrogens is 1. The van der Waals surface area contributed by atoms with Gasteiger partial charge in [0.2, 0.25) is 5.95 Å². The van der Waals surface area contributed by atoms with E-state index in [1.165, 1.54) is 0 Å². The quantitative estimate of drug-likeness (QED) is 0.223. The smallest absolute Gasteiger partial charge is 0.851 e. The molecule has 3 rings (SSSR count). The second-order valence-electron chi connectivity index (χ2n) is 5.58. The van der Waals surface area contributed by atoms with Crippen LogP contribution < -0.4 is 83.0 Å². The number of anilines is 1. The predicted molar refractivity (Wildman–Crippen MR) is 87.4 cm³/mol. The molecule has 31 heavy (non-hydrogen) atoms.